The van der Waals surface area contributed by atoms with Gasteiger partial charge in [0.2, 0.25) is 0 Å². The van der Waals surface area contributed by atoms with Crippen LogP contribution in [-0.2, 0) is 0 Å². The number of carbonyl (C=O) groups is 1. The third kappa shape index (κ3) is 2.94. The van der Waals surface area contributed by atoms with Crippen LogP contribution in [0.25, 0.3) is 10.9 Å². The minimum Gasteiger partial charge on any atom is -0.336 e. The number of aromatic nitrogens is 1. The molecule has 20 heavy (non-hydrogen) atoms. The second-order valence-corrected chi connectivity index (χ2v) is 4.76. The molecule has 1 aromatic carbocycles. The lowest BCUT2D eigenvalue weighted by Gasteiger charge is -2.21. The number of para-hydroxylation sites is 1. The molecule has 0 unspecified atom stereocenters. The topological polar surface area (TPSA) is 57.0 Å². The summed E-state index contributed by atoms with van der Waals surface area (Å²) in [7, 11) is 0. The Kier molecular flexibility index (Phi) is 4.31. The number of nitriles is 1. The van der Waals surface area contributed by atoms with Crippen molar-refractivity contribution in [1.82, 2.24) is 9.88 Å². The molecule has 4 heteroatoms. The van der Waals surface area contributed by atoms with Gasteiger partial charge in [-0.2, -0.15) is 5.26 Å². The van der Waals surface area contributed by atoms with E-state index in [-0.39, 0.29) is 11.8 Å². The zero-order chi connectivity index (χ0) is 14.5. The van der Waals surface area contributed by atoms with E-state index in [4.69, 9.17) is 5.26 Å². The lowest BCUT2D eigenvalue weighted by Crippen LogP contribution is -2.34. The first-order valence-electron chi connectivity index (χ1n) is 6.70. The molecule has 0 aliphatic rings. The first kappa shape index (κ1) is 14.0. The van der Waals surface area contributed by atoms with Gasteiger partial charge in [-0.05, 0) is 26.0 Å². The van der Waals surface area contributed by atoms with E-state index in [1.165, 1.54) is 0 Å². The van der Waals surface area contributed by atoms with Crippen LogP contribution >= 0.6 is 0 Å². The fourth-order valence-electron chi connectivity index (χ4n) is 2.07. The number of nitrogens with zero attached hydrogens (tertiary/aromatic N) is 3. The van der Waals surface area contributed by atoms with Crippen LogP contribution in [0.5, 0.6) is 0 Å². The van der Waals surface area contributed by atoms with Gasteiger partial charge in [-0.3, -0.25) is 4.79 Å². The highest BCUT2D eigenvalue weighted by Crippen LogP contribution is 2.13. The maximum Gasteiger partial charge on any atom is 0.272 e. The van der Waals surface area contributed by atoms with Crippen LogP contribution < -0.4 is 0 Å². The minimum atomic E-state index is -0.181. The second kappa shape index (κ2) is 6.16. The second-order valence-electron chi connectivity index (χ2n) is 4.76. The average molecular weight is 267 g/mol. The van der Waals surface area contributed by atoms with E-state index in [9.17, 15) is 4.79 Å². The van der Waals surface area contributed by atoms with Crippen LogP contribution in [-0.4, -0.2) is 28.9 Å². The summed E-state index contributed by atoms with van der Waals surface area (Å²) < 4.78 is 0. The molecule has 1 atom stereocenters. The van der Waals surface area contributed by atoms with Crippen molar-refractivity contribution in [3.8, 4) is 6.07 Å². The SMILES string of the molecule is CCN(C[C@H](C)C#N)C(=O)c1ccc2ccccc2n1. The molecular formula is C16H17N3O. The third-order valence-electron chi connectivity index (χ3n) is 3.20. The molecule has 102 valence electrons. The summed E-state index contributed by atoms with van der Waals surface area (Å²) >= 11 is 0. The van der Waals surface area contributed by atoms with Gasteiger partial charge >= 0.3 is 0 Å². The van der Waals surface area contributed by atoms with Gasteiger partial charge in [-0.25, -0.2) is 4.98 Å². The summed E-state index contributed by atoms with van der Waals surface area (Å²) in [6.07, 6.45) is 0. The van der Waals surface area contributed by atoms with Gasteiger partial charge in [0.25, 0.3) is 5.91 Å². The smallest absolute Gasteiger partial charge is 0.272 e. The molecule has 2 rings (SSSR count). The van der Waals surface area contributed by atoms with Crippen molar-refractivity contribution >= 4 is 16.8 Å². The Morgan fingerprint density at radius 1 is 1.35 bits per heavy atom. The molecule has 0 bridgehead atoms. The van der Waals surface area contributed by atoms with Crippen molar-refractivity contribution < 1.29 is 4.79 Å². The van der Waals surface area contributed by atoms with Gasteiger partial charge in [0.15, 0.2) is 0 Å². The normalized spacial score (nSPS) is 11.8. The van der Waals surface area contributed by atoms with Crippen LogP contribution in [0, 0.1) is 17.2 Å². The summed E-state index contributed by atoms with van der Waals surface area (Å²) in [4.78, 5) is 18.5. The average Bonchev–Trinajstić information content (AvgIpc) is 2.51. The number of fused-ring (bicyclic) bond motifs is 1. The Hall–Kier alpha value is -2.41. The molecule has 0 saturated heterocycles. The van der Waals surface area contributed by atoms with Crippen molar-refractivity contribution in [2.24, 2.45) is 5.92 Å². The van der Waals surface area contributed by atoms with Gasteiger partial charge in [-0.15, -0.1) is 0 Å². The summed E-state index contributed by atoms with van der Waals surface area (Å²) in [6.45, 7) is 4.71. The number of carbonyl (C=O) groups excluding carboxylic acids is 1. The molecule has 1 heterocycles. The van der Waals surface area contributed by atoms with Gasteiger partial charge in [-0.1, -0.05) is 24.3 Å². The first-order chi connectivity index (χ1) is 9.65. The lowest BCUT2D eigenvalue weighted by molar-refractivity contribution is 0.0747. The third-order valence-corrected chi connectivity index (χ3v) is 3.20. The van der Waals surface area contributed by atoms with Crippen molar-refractivity contribution in [3.63, 3.8) is 0 Å². The van der Waals surface area contributed by atoms with Crippen molar-refractivity contribution in [3.05, 3.63) is 42.1 Å². The fraction of sp³-hybridized carbons (Fsp3) is 0.312. The van der Waals surface area contributed by atoms with Gasteiger partial charge < -0.3 is 4.90 Å². The maximum atomic E-state index is 12.4. The number of rotatable bonds is 4. The van der Waals surface area contributed by atoms with E-state index in [0.29, 0.717) is 18.8 Å². The van der Waals surface area contributed by atoms with Crippen LogP contribution in [0.1, 0.15) is 24.3 Å². The van der Waals surface area contributed by atoms with E-state index in [1.54, 1.807) is 11.0 Å². The predicted octanol–water partition coefficient (Wildman–Crippen LogP) is 2.86. The van der Waals surface area contributed by atoms with E-state index >= 15 is 0 Å². The molecule has 2 aromatic rings. The van der Waals surface area contributed by atoms with Crippen LogP contribution in [0.4, 0.5) is 0 Å². The van der Waals surface area contributed by atoms with Crippen LogP contribution in [0.3, 0.4) is 0 Å². The Morgan fingerprint density at radius 2 is 2.10 bits per heavy atom. The molecule has 1 aromatic heterocycles. The zero-order valence-electron chi connectivity index (χ0n) is 11.7. The molecule has 0 aliphatic heterocycles. The van der Waals surface area contributed by atoms with E-state index in [0.717, 1.165) is 10.9 Å². The number of hydrogen-bond donors (Lipinski definition) is 0. The molecular weight excluding hydrogens is 250 g/mol. The quantitative estimate of drug-likeness (QED) is 0.855. The summed E-state index contributed by atoms with van der Waals surface area (Å²) in [5.74, 6) is -0.306. The highest BCUT2D eigenvalue weighted by molar-refractivity contribution is 5.94. The highest BCUT2D eigenvalue weighted by Gasteiger charge is 2.17. The number of pyridine rings is 1. The van der Waals surface area contributed by atoms with Gasteiger partial charge in [0, 0.05) is 18.5 Å². The first-order valence-corrected chi connectivity index (χ1v) is 6.70. The maximum absolute atomic E-state index is 12.4. The Balaban J connectivity index is 2.27. The molecule has 0 radical (unpaired) electrons. The molecule has 0 aliphatic carbocycles. The molecule has 4 nitrogen and oxygen atoms in total. The van der Waals surface area contributed by atoms with E-state index < -0.39 is 0 Å². The zero-order valence-corrected chi connectivity index (χ0v) is 11.7. The van der Waals surface area contributed by atoms with E-state index in [2.05, 4.69) is 11.1 Å². The van der Waals surface area contributed by atoms with Crippen molar-refractivity contribution in [2.45, 2.75) is 13.8 Å². The van der Waals surface area contributed by atoms with Crippen molar-refractivity contribution in [1.29, 1.82) is 5.26 Å². The lowest BCUT2D eigenvalue weighted by atomic mass is 10.1. The van der Waals surface area contributed by atoms with Gasteiger partial charge in [0.05, 0.1) is 17.5 Å². The molecule has 0 N–H and O–H groups in total. The summed E-state index contributed by atoms with van der Waals surface area (Å²) in [6, 6.07) is 13.5. The molecule has 1 amide bonds. The molecule has 0 fully saturated rings. The number of benzene rings is 1. The van der Waals surface area contributed by atoms with Crippen LogP contribution in [0.2, 0.25) is 0 Å². The predicted molar refractivity (Wildman–Crippen MR) is 78.1 cm³/mol. The number of amides is 1. The monoisotopic (exact) mass is 267 g/mol. The Morgan fingerprint density at radius 3 is 2.80 bits per heavy atom. The minimum absolute atomic E-state index is 0.125. The summed E-state index contributed by atoms with van der Waals surface area (Å²) in [5, 5.41) is 9.88. The fourth-order valence-corrected chi connectivity index (χ4v) is 2.07. The molecule has 0 spiro atoms. The Bertz CT molecular complexity index is 660. The van der Waals surface area contributed by atoms with E-state index in [1.807, 2.05) is 44.2 Å². The largest absolute Gasteiger partial charge is 0.336 e. The highest BCUT2D eigenvalue weighted by atomic mass is 16.2. The number of hydrogen-bond acceptors (Lipinski definition) is 3. The standard InChI is InChI=1S/C16H17N3O/c1-3-19(11-12(2)10-17)16(20)15-9-8-13-6-4-5-7-14(13)18-15/h4-9,12H,3,11H2,1-2H3/t12-/m1/s1. The van der Waals surface area contributed by atoms with Crippen molar-refractivity contribution in [2.75, 3.05) is 13.1 Å². The molecule has 0 saturated carbocycles. The van der Waals surface area contributed by atoms with Crippen LogP contribution in [0.15, 0.2) is 36.4 Å². The van der Waals surface area contributed by atoms with Gasteiger partial charge in [0.1, 0.15) is 5.69 Å². The Labute approximate surface area is 118 Å². The summed E-state index contributed by atoms with van der Waals surface area (Å²) in [5.41, 5.74) is 1.23.